The number of carbonyl (C=O) groups is 2. The minimum Gasteiger partial charge on any atom is -0.444 e. The number of fused-ring (bicyclic) bond motifs is 2. The molecular weight excluding hydrogens is 555 g/mol. The number of esters is 1. The van der Waals surface area contributed by atoms with Gasteiger partial charge in [0.05, 0.1) is 11.2 Å². The Balaban J connectivity index is 1.28. The van der Waals surface area contributed by atoms with Crippen molar-refractivity contribution in [1.82, 2.24) is 9.47 Å². The van der Waals surface area contributed by atoms with Gasteiger partial charge in [-0.15, -0.1) is 11.3 Å². The molecule has 42 heavy (non-hydrogen) atoms. The van der Waals surface area contributed by atoms with Crippen LogP contribution in [-0.2, 0) is 27.5 Å². The lowest BCUT2D eigenvalue weighted by Crippen LogP contribution is -2.47. The fraction of sp³-hybridized carbons (Fsp3) is 0.406. The maximum absolute atomic E-state index is 14.2. The zero-order chi connectivity index (χ0) is 29.6. The lowest BCUT2D eigenvalue weighted by atomic mass is 10.1. The lowest BCUT2D eigenvalue weighted by molar-refractivity contribution is -0.147. The number of benzene rings is 2. The largest absolute Gasteiger partial charge is 0.444 e. The van der Waals surface area contributed by atoms with Crippen molar-refractivity contribution in [3.8, 4) is 0 Å². The van der Waals surface area contributed by atoms with Gasteiger partial charge in [-0.1, -0.05) is 31.9 Å². The van der Waals surface area contributed by atoms with Crippen molar-refractivity contribution in [2.75, 3.05) is 42.9 Å². The van der Waals surface area contributed by atoms with Gasteiger partial charge in [0.25, 0.3) is 5.56 Å². The number of unbranched alkanes of at least 4 members (excludes halogenated alkanes) is 2. The van der Waals surface area contributed by atoms with Gasteiger partial charge in [-0.2, -0.15) is 0 Å². The molecule has 0 atom stereocenters. The van der Waals surface area contributed by atoms with Crippen molar-refractivity contribution in [3.63, 3.8) is 0 Å². The van der Waals surface area contributed by atoms with E-state index in [4.69, 9.17) is 4.74 Å². The molecule has 8 nitrogen and oxygen atoms in total. The molecular formula is C32H37FN4O4S. The molecule has 10 heteroatoms. The molecule has 2 aromatic heterocycles. The number of anilines is 2. The molecule has 0 aliphatic carbocycles. The number of hydrogen-bond acceptors (Lipinski definition) is 7. The molecule has 0 saturated carbocycles. The van der Waals surface area contributed by atoms with E-state index in [9.17, 15) is 18.8 Å². The van der Waals surface area contributed by atoms with Gasteiger partial charge in [0.1, 0.15) is 5.82 Å². The number of piperazine rings is 1. The number of nitrogens with zero attached hydrogens (tertiary/aromatic N) is 3. The number of pyridine rings is 1. The summed E-state index contributed by atoms with van der Waals surface area (Å²) in [7, 11) is 0. The van der Waals surface area contributed by atoms with E-state index in [-0.39, 0.29) is 30.0 Å². The molecule has 1 aliphatic rings. The van der Waals surface area contributed by atoms with Crippen molar-refractivity contribution >= 4 is 55.6 Å². The fourth-order valence-corrected chi connectivity index (χ4v) is 6.35. The smallest absolute Gasteiger partial charge is 0.307 e. The molecule has 2 aromatic carbocycles. The maximum atomic E-state index is 14.2. The van der Waals surface area contributed by atoms with Gasteiger partial charge in [0.2, 0.25) is 5.91 Å². The summed E-state index contributed by atoms with van der Waals surface area (Å²) in [6.45, 7) is 7.48. The van der Waals surface area contributed by atoms with E-state index in [1.165, 1.54) is 17.6 Å². The van der Waals surface area contributed by atoms with E-state index >= 15 is 0 Å². The number of amides is 1. The Hall–Kier alpha value is -3.76. The second kappa shape index (κ2) is 13.5. The Morgan fingerprint density at radius 3 is 2.60 bits per heavy atom. The first-order valence-corrected chi connectivity index (χ1v) is 15.4. The van der Waals surface area contributed by atoms with Crippen LogP contribution in [-0.4, -0.2) is 54.1 Å². The highest BCUT2D eigenvalue weighted by Crippen LogP contribution is 2.32. The molecule has 1 fully saturated rings. The third kappa shape index (κ3) is 6.99. The topological polar surface area (TPSA) is 83.9 Å². The maximum Gasteiger partial charge on any atom is 0.307 e. The van der Waals surface area contributed by atoms with Gasteiger partial charge < -0.3 is 15.0 Å². The SMILES string of the molecule is CCCCCC(=O)OCn1c(=O)cc(NC(C)=O)c2ccc(CCN3CCN(c4cc(F)cc5sccc45)CC3)cc21. The Morgan fingerprint density at radius 1 is 1.02 bits per heavy atom. The van der Waals surface area contributed by atoms with Crippen LogP contribution in [0.5, 0.6) is 0 Å². The van der Waals surface area contributed by atoms with Gasteiger partial charge in [-0.25, -0.2) is 4.39 Å². The lowest BCUT2D eigenvalue weighted by Gasteiger charge is -2.36. The molecule has 3 heterocycles. The minimum atomic E-state index is -0.349. The van der Waals surface area contributed by atoms with E-state index < -0.39 is 0 Å². The number of halogens is 1. The van der Waals surface area contributed by atoms with Crippen LogP contribution >= 0.6 is 11.3 Å². The number of ether oxygens (including phenoxy) is 1. The highest BCUT2D eigenvalue weighted by Gasteiger charge is 2.20. The van der Waals surface area contributed by atoms with E-state index in [0.717, 1.165) is 79.7 Å². The van der Waals surface area contributed by atoms with Crippen LogP contribution in [0, 0.1) is 5.82 Å². The van der Waals surface area contributed by atoms with Crippen LogP contribution in [0.25, 0.3) is 21.0 Å². The minimum absolute atomic E-state index is 0.177. The second-order valence-corrected chi connectivity index (χ2v) is 11.7. The first-order valence-electron chi connectivity index (χ1n) is 14.6. The molecule has 222 valence electrons. The van der Waals surface area contributed by atoms with Crippen molar-refractivity contribution < 1.29 is 18.7 Å². The summed E-state index contributed by atoms with van der Waals surface area (Å²) in [6, 6.07) is 12.5. The average molecular weight is 593 g/mol. The summed E-state index contributed by atoms with van der Waals surface area (Å²) in [5, 5.41) is 6.56. The zero-order valence-corrected chi connectivity index (χ0v) is 25.0. The summed E-state index contributed by atoms with van der Waals surface area (Å²) in [5.74, 6) is -0.801. The summed E-state index contributed by atoms with van der Waals surface area (Å²) in [5.41, 5.74) is 2.70. The second-order valence-electron chi connectivity index (χ2n) is 10.8. The highest BCUT2D eigenvalue weighted by molar-refractivity contribution is 7.17. The monoisotopic (exact) mass is 592 g/mol. The fourth-order valence-electron chi connectivity index (χ4n) is 5.52. The van der Waals surface area contributed by atoms with Gasteiger partial charge in [-0.3, -0.25) is 23.9 Å². The molecule has 0 radical (unpaired) electrons. The Labute approximate surface area is 248 Å². The molecule has 1 N–H and O–H groups in total. The number of aromatic nitrogens is 1. The normalized spacial score (nSPS) is 14.0. The van der Waals surface area contributed by atoms with Crippen molar-refractivity contribution in [2.24, 2.45) is 0 Å². The molecule has 4 aromatic rings. The van der Waals surface area contributed by atoms with E-state index in [1.54, 1.807) is 23.5 Å². The van der Waals surface area contributed by atoms with Crippen LogP contribution in [0.4, 0.5) is 15.8 Å². The molecule has 0 unspecified atom stereocenters. The summed E-state index contributed by atoms with van der Waals surface area (Å²) in [6.07, 6.45) is 3.79. The van der Waals surface area contributed by atoms with Crippen molar-refractivity contribution in [3.05, 3.63) is 69.6 Å². The highest BCUT2D eigenvalue weighted by atomic mass is 32.1. The van der Waals surface area contributed by atoms with Gasteiger partial charge in [0.15, 0.2) is 6.73 Å². The van der Waals surface area contributed by atoms with E-state index in [0.29, 0.717) is 23.0 Å². The third-order valence-electron chi connectivity index (χ3n) is 7.77. The Morgan fingerprint density at radius 2 is 1.83 bits per heavy atom. The van der Waals surface area contributed by atoms with Gasteiger partial charge >= 0.3 is 5.97 Å². The van der Waals surface area contributed by atoms with Crippen LogP contribution in [0.2, 0.25) is 0 Å². The average Bonchev–Trinajstić information content (AvgIpc) is 3.44. The number of carbonyl (C=O) groups excluding carboxylic acids is 2. The molecule has 1 amide bonds. The Kier molecular flexibility index (Phi) is 9.54. The number of hydrogen-bond donors (Lipinski definition) is 1. The summed E-state index contributed by atoms with van der Waals surface area (Å²) < 4.78 is 22.1. The van der Waals surface area contributed by atoms with Crippen molar-refractivity contribution in [2.45, 2.75) is 52.7 Å². The van der Waals surface area contributed by atoms with Crippen molar-refractivity contribution in [1.29, 1.82) is 0 Å². The predicted octanol–water partition coefficient (Wildman–Crippen LogP) is 5.76. The van der Waals surface area contributed by atoms with Crippen LogP contribution in [0.3, 0.4) is 0 Å². The van der Waals surface area contributed by atoms with Crippen LogP contribution in [0.1, 0.15) is 45.1 Å². The Bertz CT molecular complexity index is 1640. The number of rotatable bonds is 11. The van der Waals surface area contributed by atoms with Gasteiger partial charge in [0, 0.05) is 73.3 Å². The number of nitrogens with one attached hydrogen (secondary N) is 1. The quantitative estimate of drug-likeness (QED) is 0.176. The molecule has 0 spiro atoms. The molecule has 1 aliphatic heterocycles. The van der Waals surface area contributed by atoms with Crippen LogP contribution in [0.15, 0.2) is 52.6 Å². The third-order valence-corrected chi connectivity index (χ3v) is 8.64. The zero-order valence-electron chi connectivity index (χ0n) is 24.2. The van der Waals surface area contributed by atoms with Crippen LogP contribution < -0.4 is 15.8 Å². The van der Waals surface area contributed by atoms with E-state index in [2.05, 4.69) is 28.1 Å². The van der Waals surface area contributed by atoms with Gasteiger partial charge in [-0.05, 0) is 48.1 Å². The molecule has 5 rings (SSSR count). The standard InChI is InChI=1S/C32H37FN4O4S/c1-3-4-5-6-32(40)41-21-37-29-17-23(7-8-25(29)27(20-31(37)39)34-22(2)38)9-11-35-12-14-36(15-13-35)28-18-24(33)19-30-26(28)10-16-42-30/h7-8,10,16-20H,3-6,9,11-15,21H2,1-2H3,(H,34,38). The molecule has 1 saturated heterocycles. The predicted molar refractivity (Wildman–Crippen MR) is 167 cm³/mol. The number of thiophene rings is 1. The first kappa shape index (κ1) is 29.7. The first-order chi connectivity index (χ1) is 20.3. The summed E-state index contributed by atoms with van der Waals surface area (Å²) in [4.78, 5) is 41.8. The summed E-state index contributed by atoms with van der Waals surface area (Å²) >= 11 is 1.56. The molecule has 0 bridgehead atoms. The van der Waals surface area contributed by atoms with E-state index in [1.807, 2.05) is 23.6 Å².